The number of benzene rings is 1. The van der Waals surface area contributed by atoms with Crippen molar-refractivity contribution in [1.82, 2.24) is 5.32 Å². The van der Waals surface area contributed by atoms with Crippen LogP contribution in [0, 0.1) is 0 Å². The molecule has 1 heterocycles. The van der Waals surface area contributed by atoms with E-state index in [1.165, 1.54) is 0 Å². The second kappa shape index (κ2) is 9.21. The number of nitrogens with one attached hydrogen (secondary N) is 1. The summed E-state index contributed by atoms with van der Waals surface area (Å²) in [6, 6.07) is 5.51. The summed E-state index contributed by atoms with van der Waals surface area (Å²) >= 11 is 0. The molecule has 0 aromatic heterocycles. The Bertz CT molecular complexity index is 595. The number of hydrogen-bond donors (Lipinski definition) is 1. The molecule has 0 saturated carbocycles. The molecule has 134 valence electrons. The lowest BCUT2D eigenvalue weighted by Crippen LogP contribution is -2.24. The molecule has 1 N–H and O–H groups in total. The first-order chi connectivity index (χ1) is 11.6. The van der Waals surface area contributed by atoms with E-state index in [0.717, 1.165) is 24.2 Å². The van der Waals surface area contributed by atoms with Gasteiger partial charge in [0.15, 0.2) is 0 Å². The summed E-state index contributed by atoms with van der Waals surface area (Å²) in [4.78, 5) is 12.2. The summed E-state index contributed by atoms with van der Waals surface area (Å²) in [5.74, 6) is 0.775. The maximum Gasteiger partial charge on any atom is 0.330 e. The van der Waals surface area contributed by atoms with Gasteiger partial charge in [-0.3, -0.25) is 9.36 Å². The first-order valence-corrected chi connectivity index (χ1v) is 10.2. The van der Waals surface area contributed by atoms with Crippen molar-refractivity contribution in [3.05, 3.63) is 29.3 Å². The van der Waals surface area contributed by atoms with Crippen molar-refractivity contribution in [2.24, 2.45) is 0 Å². The van der Waals surface area contributed by atoms with Gasteiger partial charge in [0.1, 0.15) is 5.75 Å². The van der Waals surface area contributed by atoms with Crippen LogP contribution in [0.5, 0.6) is 5.75 Å². The number of unbranched alkanes of at least 4 members (excludes halogenated alkanes) is 1. The summed E-state index contributed by atoms with van der Waals surface area (Å²) < 4.78 is 28.2. The Morgan fingerprint density at radius 1 is 1.25 bits per heavy atom. The van der Waals surface area contributed by atoms with Gasteiger partial charge in [0.25, 0.3) is 5.91 Å². The van der Waals surface area contributed by atoms with Crippen molar-refractivity contribution in [1.29, 1.82) is 0 Å². The third kappa shape index (κ3) is 5.33. The molecule has 7 heteroatoms. The van der Waals surface area contributed by atoms with E-state index in [0.29, 0.717) is 44.5 Å². The molecule has 0 saturated heterocycles. The van der Waals surface area contributed by atoms with Crippen LogP contribution in [0.2, 0.25) is 0 Å². The summed E-state index contributed by atoms with van der Waals surface area (Å²) in [6.45, 7) is 5.55. The zero-order chi connectivity index (χ0) is 17.4. The fraction of sp³-hybridized carbons (Fsp3) is 0.588. The maximum atomic E-state index is 12.3. The van der Waals surface area contributed by atoms with Gasteiger partial charge in [-0.05, 0) is 50.5 Å². The Balaban J connectivity index is 1.72. The zero-order valence-corrected chi connectivity index (χ0v) is 15.3. The fourth-order valence-electron chi connectivity index (χ4n) is 2.62. The van der Waals surface area contributed by atoms with Crippen LogP contribution in [-0.2, 0) is 20.0 Å². The van der Waals surface area contributed by atoms with Crippen LogP contribution in [-0.4, -0.2) is 38.4 Å². The second-order valence-corrected chi connectivity index (χ2v) is 7.74. The lowest BCUT2D eigenvalue weighted by atomic mass is 10.1. The van der Waals surface area contributed by atoms with Crippen molar-refractivity contribution in [2.75, 3.05) is 32.5 Å². The van der Waals surface area contributed by atoms with E-state index < -0.39 is 7.60 Å². The topological polar surface area (TPSA) is 73.9 Å². The van der Waals surface area contributed by atoms with Crippen LogP contribution in [0.1, 0.15) is 42.6 Å². The van der Waals surface area contributed by atoms with Crippen molar-refractivity contribution < 1.29 is 23.1 Å². The molecule has 0 bridgehead atoms. The van der Waals surface area contributed by atoms with Gasteiger partial charge in [0.05, 0.1) is 26.0 Å². The van der Waals surface area contributed by atoms with Crippen LogP contribution >= 0.6 is 7.60 Å². The first kappa shape index (κ1) is 19.0. The smallest absolute Gasteiger partial charge is 0.330 e. The zero-order valence-electron chi connectivity index (χ0n) is 14.4. The highest BCUT2D eigenvalue weighted by Gasteiger charge is 2.22. The van der Waals surface area contributed by atoms with E-state index in [2.05, 4.69) is 5.32 Å². The number of carbonyl (C=O) groups excluding carboxylic acids is 1. The predicted octanol–water partition coefficient (Wildman–Crippen LogP) is 3.40. The van der Waals surface area contributed by atoms with E-state index in [9.17, 15) is 9.36 Å². The van der Waals surface area contributed by atoms with Gasteiger partial charge < -0.3 is 19.1 Å². The minimum Gasteiger partial charge on any atom is -0.493 e. The predicted molar refractivity (Wildman–Crippen MR) is 92.9 cm³/mol. The van der Waals surface area contributed by atoms with Crippen LogP contribution in [0.25, 0.3) is 0 Å². The Kier molecular flexibility index (Phi) is 7.28. The normalized spacial score (nSPS) is 13.4. The standard InChI is InChI=1S/C17H26NO5P/c1-3-22-24(20,23-4-2)12-6-5-10-18-17(19)15-7-8-16-14(13-15)9-11-21-16/h7-8,13H,3-6,9-12H2,1-2H3,(H,18,19). The third-order valence-electron chi connectivity index (χ3n) is 3.75. The van der Waals surface area contributed by atoms with E-state index in [-0.39, 0.29) is 5.91 Å². The molecular weight excluding hydrogens is 329 g/mol. The molecule has 2 rings (SSSR count). The number of carbonyl (C=O) groups is 1. The summed E-state index contributed by atoms with van der Waals surface area (Å²) in [6.07, 6.45) is 2.63. The van der Waals surface area contributed by atoms with Gasteiger partial charge >= 0.3 is 7.60 Å². The minimum atomic E-state index is -2.98. The highest BCUT2D eigenvalue weighted by molar-refractivity contribution is 7.53. The number of amides is 1. The molecule has 0 radical (unpaired) electrons. The Labute approximate surface area is 143 Å². The largest absolute Gasteiger partial charge is 0.493 e. The monoisotopic (exact) mass is 355 g/mol. The molecule has 1 aromatic carbocycles. The molecule has 1 aliphatic rings. The molecule has 0 unspecified atom stereocenters. The third-order valence-corrected chi connectivity index (χ3v) is 5.91. The van der Waals surface area contributed by atoms with Gasteiger partial charge in [0.2, 0.25) is 0 Å². The number of hydrogen-bond acceptors (Lipinski definition) is 5. The Hall–Kier alpha value is -1.36. The van der Waals surface area contributed by atoms with Crippen LogP contribution < -0.4 is 10.1 Å². The van der Waals surface area contributed by atoms with Crippen LogP contribution in [0.3, 0.4) is 0 Å². The molecule has 0 fully saturated rings. The van der Waals surface area contributed by atoms with Crippen LogP contribution in [0.15, 0.2) is 18.2 Å². The molecule has 1 amide bonds. The quantitative estimate of drug-likeness (QED) is 0.514. The molecule has 0 spiro atoms. The van der Waals surface area contributed by atoms with Gasteiger partial charge in [-0.1, -0.05) is 0 Å². The molecule has 0 atom stereocenters. The number of ether oxygens (including phenoxy) is 1. The molecule has 24 heavy (non-hydrogen) atoms. The minimum absolute atomic E-state index is 0.0949. The molecule has 6 nitrogen and oxygen atoms in total. The van der Waals surface area contributed by atoms with Gasteiger partial charge in [-0.2, -0.15) is 0 Å². The molecule has 1 aromatic rings. The Morgan fingerprint density at radius 3 is 2.71 bits per heavy atom. The van der Waals surface area contributed by atoms with Crippen molar-refractivity contribution >= 4 is 13.5 Å². The maximum absolute atomic E-state index is 12.3. The van der Waals surface area contributed by atoms with Crippen molar-refractivity contribution in [3.63, 3.8) is 0 Å². The van der Waals surface area contributed by atoms with Gasteiger partial charge in [-0.15, -0.1) is 0 Å². The van der Waals surface area contributed by atoms with Crippen molar-refractivity contribution in [3.8, 4) is 5.75 Å². The first-order valence-electron chi connectivity index (χ1n) is 8.50. The lowest BCUT2D eigenvalue weighted by Gasteiger charge is -2.16. The van der Waals surface area contributed by atoms with E-state index >= 15 is 0 Å². The Morgan fingerprint density at radius 2 is 2.00 bits per heavy atom. The SMILES string of the molecule is CCOP(=O)(CCCCNC(=O)c1ccc2c(c1)CCO2)OCC. The molecule has 0 aliphatic carbocycles. The van der Waals surface area contributed by atoms with E-state index in [1.807, 2.05) is 12.1 Å². The van der Waals surface area contributed by atoms with E-state index in [1.54, 1.807) is 19.9 Å². The van der Waals surface area contributed by atoms with Crippen LogP contribution in [0.4, 0.5) is 0 Å². The highest BCUT2D eigenvalue weighted by Crippen LogP contribution is 2.48. The van der Waals surface area contributed by atoms with Gasteiger partial charge in [-0.25, -0.2) is 0 Å². The number of rotatable bonds is 10. The summed E-state index contributed by atoms with van der Waals surface area (Å²) in [7, 11) is -2.98. The highest BCUT2D eigenvalue weighted by atomic mass is 31.2. The fourth-order valence-corrected chi connectivity index (χ4v) is 4.35. The van der Waals surface area contributed by atoms with Crippen molar-refractivity contribution in [2.45, 2.75) is 33.1 Å². The molecule has 1 aliphatic heterocycles. The number of fused-ring (bicyclic) bond motifs is 1. The summed E-state index contributed by atoms with van der Waals surface area (Å²) in [5.41, 5.74) is 1.73. The molecular formula is C17H26NO5P. The second-order valence-electron chi connectivity index (χ2n) is 5.55. The summed E-state index contributed by atoms with van der Waals surface area (Å²) in [5, 5.41) is 2.89. The average Bonchev–Trinajstić information content (AvgIpc) is 3.02. The van der Waals surface area contributed by atoms with Gasteiger partial charge in [0, 0.05) is 18.5 Å². The van der Waals surface area contributed by atoms with E-state index in [4.69, 9.17) is 13.8 Å². The average molecular weight is 355 g/mol. The lowest BCUT2D eigenvalue weighted by molar-refractivity contribution is 0.0953.